The highest BCUT2D eigenvalue weighted by atomic mass is 16.5. The summed E-state index contributed by atoms with van der Waals surface area (Å²) in [5, 5.41) is 3.17. The number of esters is 1. The second-order valence-corrected chi connectivity index (χ2v) is 3.79. The van der Waals surface area contributed by atoms with Gasteiger partial charge in [-0.3, -0.25) is 0 Å². The first-order valence-electron chi connectivity index (χ1n) is 6.37. The Hall–Kier alpha value is -1.71. The number of hydrogen-bond donors (Lipinski definition) is 1. The summed E-state index contributed by atoms with van der Waals surface area (Å²) in [6.07, 6.45) is 0.666. The first kappa shape index (κ1) is 14.4. The summed E-state index contributed by atoms with van der Waals surface area (Å²) in [4.78, 5) is 11.7. The molecule has 100 valence electrons. The number of benzene rings is 1. The molecule has 0 aliphatic heterocycles. The molecule has 0 saturated heterocycles. The first-order valence-corrected chi connectivity index (χ1v) is 6.37. The largest absolute Gasteiger partial charge is 0.492 e. The molecule has 0 radical (unpaired) electrons. The van der Waals surface area contributed by atoms with E-state index in [1.807, 2.05) is 38.1 Å². The van der Waals surface area contributed by atoms with Crippen LogP contribution in [0.15, 0.2) is 24.3 Å². The summed E-state index contributed by atoms with van der Waals surface area (Å²) < 4.78 is 10.5. The lowest BCUT2D eigenvalue weighted by Crippen LogP contribution is -2.30. The van der Waals surface area contributed by atoms with Gasteiger partial charge in [0, 0.05) is 0 Å². The second-order valence-electron chi connectivity index (χ2n) is 3.79. The molecular weight excluding hydrogens is 230 g/mol. The van der Waals surface area contributed by atoms with Crippen LogP contribution in [0.3, 0.4) is 0 Å². The van der Waals surface area contributed by atoms with E-state index in [4.69, 9.17) is 9.47 Å². The van der Waals surface area contributed by atoms with Gasteiger partial charge in [0.25, 0.3) is 0 Å². The zero-order chi connectivity index (χ0) is 13.4. The zero-order valence-corrected chi connectivity index (χ0v) is 11.2. The van der Waals surface area contributed by atoms with Crippen molar-refractivity contribution in [1.82, 2.24) is 0 Å². The van der Waals surface area contributed by atoms with Crippen LogP contribution >= 0.6 is 0 Å². The van der Waals surface area contributed by atoms with Crippen LogP contribution in [0.25, 0.3) is 0 Å². The monoisotopic (exact) mass is 251 g/mol. The molecule has 0 aliphatic rings. The van der Waals surface area contributed by atoms with Gasteiger partial charge in [-0.15, -0.1) is 0 Å². The highest BCUT2D eigenvalue weighted by Crippen LogP contribution is 2.25. The van der Waals surface area contributed by atoms with E-state index >= 15 is 0 Å². The maximum atomic E-state index is 11.7. The van der Waals surface area contributed by atoms with Crippen molar-refractivity contribution < 1.29 is 14.3 Å². The number of anilines is 1. The van der Waals surface area contributed by atoms with Gasteiger partial charge in [-0.05, 0) is 32.4 Å². The molecule has 0 bridgehead atoms. The van der Waals surface area contributed by atoms with Crippen LogP contribution in [0.5, 0.6) is 5.75 Å². The summed E-state index contributed by atoms with van der Waals surface area (Å²) in [7, 11) is 0. The fraction of sp³-hybridized carbons (Fsp3) is 0.500. The molecule has 1 N–H and O–H groups in total. The number of nitrogens with one attached hydrogen (secondary N) is 1. The Morgan fingerprint density at radius 3 is 2.56 bits per heavy atom. The predicted molar refractivity (Wildman–Crippen MR) is 71.9 cm³/mol. The minimum atomic E-state index is -0.341. The third-order valence-electron chi connectivity index (χ3n) is 2.50. The van der Waals surface area contributed by atoms with E-state index in [2.05, 4.69) is 5.32 Å². The number of carbonyl (C=O) groups is 1. The van der Waals surface area contributed by atoms with Crippen LogP contribution in [-0.4, -0.2) is 25.2 Å². The number of hydrogen-bond acceptors (Lipinski definition) is 4. The molecular formula is C14H21NO3. The summed E-state index contributed by atoms with van der Waals surface area (Å²) in [5.41, 5.74) is 0.819. The van der Waals surface area contributed by atoms with Crippen molar-refractivity contribution in [2.75, 3.05) is 18.5 Å². The van der Waals surface area contributed by atoms with E-state index in [0.29, 0.717) is 19.6 Å². The van der Waals surface area contributed by atoms with Crippen molar-refractivity contribution in [2.45, 2.75) is 33.2 Å². The molecule has 1 aromatic carbocycles. The maximum Gasteiger partial charge on any atom is 0.328 e. The predicted octanol–water partition coefficient (Wildman–Crippen LogP) is 2.84. The molecule has 0 amide bonds. The van der Waals surface area contributed by atoms with Crippen molar-refractivity contribution in [3.05, 3.63) is 24.3 Å². The van der Waals surface area contributed by atoms with Gasteiger partial charge in [-0.1, -0.05) is 19.1 Å². The van der Waals surface area contributed by atoms with Crippen molar-refractivity contribution >= 4 is 11.7 Å². The second kappa shape index (κ2) is 7.58. The lowest BCUT2D eigenvalue weighted by molar-refractivity contribution is -0.144. The minimum absolute atomic E-state index is 0.230. The standard InChI is InChI=1S/C14H21NO3/c1-4-11(14(16)18-6-3)15-12-9-7-8-10-13(12)17-5-2/h7-11,15H,4-6H2,1-3H3. The van der Waals surface area contributed by atoms with E-state index in [9.17, 15) is 4.79 Å². The van der Waals surface area contributed by atoms with Crippen LogP contribution in [0.4, 0.5) is 5.69 Å². The van der Waals surface area contributed by atoms with Gasteiger partial charge < -0.3 is 14.8 Å². The Kier molecular flexibility index (Phi) is 6.05. The third-order valence-corrected chi connectivity index (χ3v) is 2.50. The Labute approximate surface area is 108 Å². The van der Waals surface area contributed by atoms with Gasteiger partial charge in [-0.25, -0.2) is 4.79 Å². The van der Waals surface area contributed by atoms with Gasteiger partial charge in [0.2, 0.25) is 0 Å². The molecule has 0 fully saturated rings. The van der Waals surface area contributed by atoms with E-state index in [0.717, 1.165) is 11.4 Å². The molecule has 0 spiro atoms. The minimum Gasteiger partial charge on any atom is -0.492 e. The SMILES string of the molecule is CCOC(=O)C(CC)Nc1ccccc1OCC. The number of para-hydroxylation sites is 2. The van der Waals surface area contributed by atoms with Gasteiger partial charge >= 0.3 is 5.97 Å². The molecule has 4 heteroatoms. The lowest BCUT2D eigenvalue weighted by Gasteiger charge is -2.18. The highest BCUT2D eigenvalue weighted by Gasteiger charge is 2.18. The van der Waals surface area contributed by atoms with Gasteiger partial charge in [0.05, 0.1) is 18.9 Å². The van der Waals surface area contributed by atoms with E-state index in [1.165, 1.54) is 0 Å². The topological polar surface area (TPSA) is 47.6 Å². The van der Waals surface area contributed by atoms with Crippen LogP contribution in [0.1, 0.15) is 27.2 Å². The molecule has 4 nitrogen and oxygen atoms in total. The Bertz CT molecular complexity index is 379. The average molecular weight is 251 g/mol. The van der Waals surface area contributed by atoms with Gasteiger partial charge in [0.1, 0.15) is 11.8 Å². The normalized spacial score (nSPS) is 11.7. The van der Waals surface area contributed by atoms with Gasteiger partial charge in [0.15, 0.2) is 0 Å². The molecule has 0 aromatic heterocycles. The summed E-state index contributed by atoms with van der Waals surface area (Å²) in [6.45, 7) is 6.66. The number of rotatable bonds is 7. The maximum absolute atomic E-state index is 11.7. The Morgan fingerprint density at radius 1 is 1.22 bits per heavy atom. The fourth-order valence-electron chi connectivity index (χ4n) is 1.63. The molecule has 0 saturated carbocycles. The molecule has 1 aromatic rings. The third kappa shape index (κ3) is 3.95. The van der Waals surface area contributed by atoms with E-state index in [-0.39, 0.29) is 12.0 Å². The summed E-state index contributed by atoms with van der Waals surface area (Å²) in [5.74, 6) is 0.522. The molecule has 1 atom stereocenters. The summed E-state index contributed by atoms with van der Waals surface area (Å²) >= 11 is 0. The number of carbonyl (C=O) groups excluding carboxylic acids is 1. The smallest absolute Gasteiger partial charge is 0.328 e. The van der Waals surface area contributed by atoms with Crippen molar-refractivity contribution in [2.24, 2.45) is 0 Å². The Balaban J connectivity index is 2.77. The zero-order valence-electron chi connectivity index (χ0n) is 11.2. The average Bonchev–Trinajstić information content (AvgIpc) is 2.38. The summed E-state index contributed by atoms with van der Waals surface area (Å²) in [6, 6.07) is 7.24. The fourth-order valence-corrected chi connectivity index (χ4v) is 1.63. The van der Waals surface area contributed by atoms with Gasteiger partial charge in [-0.2, -0.15) is 0 Å². The molecule has 0 aliphatic carbocycles. The first-order chi connectivity index (χ1) is 8.72. The van der Waals surface area contributed by atoms with Crippen LogP contribution in [0, 0.1) is 0 Å². The molecule has 0 heterocycles. The quantitative estimate of drug-likeness (QED) is 0.757. The van der Waals surface area contributed by atoms with Crippen LogP contribution in [-0.2, 0) is 9.53 Å². The van der Waals surface area contributed by atoms with Crippen molar-refractivity contribution in [1.29, 1.82) is 0 Å². The molecule has 18 heavy (non-hydrogen) atoms. The number of ether oxygens (including phenoxy) is 2. The molecule has 1 rings (SSSR count). The highest BCUT2D eigenvalue weighted by molar-refractivity contribution is 5.80. The van der Waals surface area contributed by atoms with E-state index < -0.39 is 0 Å². The lowest BCUT2D eigenvalue weighted by atomic mass is 10.2. The van der Waals surface area contributed by atoms with Crippen LogP contribution < -0.4 is 10.1 Å². The molecule has 1 unspecified atom stereocenters. The van der Waals surface area contributed by atoms with Crippen LogP contribution in [0.2, 0.25) is 0 Å². The van der Waals surface area contributed by atoms with E-state index in [1.54, 1.807) is 6.92 Å². The van der Waals surface area contributed by atoms with Crippen molar-refractivity contribution in [3.8, 4) is 5.75 Å². The Morgan fingerprint density at radius 2 is 1.94 bits per heavy atom. The van der Waals surface area contributed by atoms with Crippen molar-refractivity contribution in [3.63, 3.8) is 0 Å².